The van der Waals surface area contributed by atoms with Crippen molar-refractivity contribution >= 4 is 17.4 Å². The Morgan fingerprint density at radius 3 is 2.56 bits per heavy atom. The molecule has 1 aromatic rings. The van der Waals surface area contributed by atoms with E-state index in [1.54, 1.807) is 0 Å². The zero-order valence-electron chi connectivity index (χ0n) is 4.23. The van der Waals surface area contributed by atoms with Crippen molar-refractivity contribution in [1.29, 1.82) is 0 Å². The van der Waals surface area contributed by atoms with Crippen molar-refractivity contribution in [3.63, 3.8) is 0 Å². The van der Waals surface area contributed by atoms with E-state index in [1.165, 1.54) is 5.38 Å². The zero-order valence-corrected chi connectivity index (χ0v) is 5.04. The van der Waals surface area contributed by atoms with Crippen molar-refractivity contribution in [3.8, 4) is 0 Å². The van der Waals surface area contributed by atoms with Crippen LogP contribution < -0.4 is 0 Å². The van der Waals surface area contributed by atoms with Crippen LogP contribution in [0.15, 0.2) is 11.4 Å². The molecule has 48 valence electrons. The molecule has 0 unspecified atom stereocenters. The largest absolute Gasteiger partial charge is 0.344 e. The number of hydrogen-bond donors (Lipinski definition) is 0. The highest BCUT2D eigenvalue weighted by Gasteiger charge is 2.10. The van der Waals surface area contributed by atoms with Crippen molar-refractivity contribution in [2.75, 3.05) is 0 Å². The van der Waals surface area contributed by atoms with Crippen LogP contribution in [0, 0.1) is 5.82 Å². The summed E-state index contributed by atoms with van der Waals surface area (Å²) in [5.41, 5.74) is 0. The maximum absolute atomic E-state index is 12.1. The van der Waals surface area contributed by atoms with Gasteiger partial charge in [-0.1, -0.05) is 0 Å². The van der Waals surface area contributed by atoms with E-state index in [4.69, 9.17) is 0 Å². The van der Waals surface area contributed by atoms with Gasteiger partial charge in [0.05, 0.1) is 0 Å². The molecule has 0 atom stereocenters. The highest BCUT2D eigenvalue weighted by atomic mass is 32.1. The van der Waals surface area contributed by atoms with Gasteiger partial charge < -0.3 is 0 Å². The average Bonchev–Trinajstić information content (AvgIpc) is 2.13. The van der Waals surface area contributed by atoms with Crippen LogP contribution in [-0.4, -0.2) is 6.04 Å². The van der Waals surface area contributed by atoms with Crippen LogP contribution >= 0.6 is 11.3 Å². The van der Waals surface area contributed by atoms with Gasteiger partial charge in [-0.2, -0.15) is 4.39 Å². The van der Waals surface area contributed by atoms with Crippen molar-refractivity contribution < 1.29 is 13.6 Å². The smallest absolute Gasteiger partial charge is 0.254 e. The first-order valence-electron chi connectivity index (χ1n) is 2.14. The molecule has 4 heteroatoms. The molecule has 0 saturated carbocycles. The summed E-state index contributed by atoms with van der Waals surface area (Å²) in [4.78, 5) is 9.38. The normalized spacial score (nSPS) is 9.56. The predicted octanol–water partition coefficient (Wildman–Crippen LogP) is 2.00. The highest BCUT2D eigenvalue weighted by molar-refractivity contribution is 7.12. The van der Waals surface area contributed by atoms with Crippen LogP contribution in [0.2, 0.25) is 0 Å². The number of hydrogen-bond acceptors (Lipinski definition) is 2. The first-order chi connectivity index (χ1) is 4.22. The lowest BCUT2D eigenvalue weighted by Gasteiger charge is -1.80. The lowest BCUT2D eigenvalue weighted by Crippen LogP contribution is -1.86. The molecule has 0 N–H and O–H groups in total. The molecule has 0 aliphatic rings. The number of halogens is 2. The van der Waals surface area contributed by atoms with E-state index in [2.05, 4.69) is 0 Å². The Bertz CT molecular complexity index is 231. The molecule has 9 heavy (non-hydrogen) atoms. The van der Waals surface area contributed by atoms with Gasteiger partial charge in [-0.15, -0.1) is 11.3 Å². The molecular weight excluding hydrogens is 146 g/mol. The number of rotatable bonds is 1. The van der Waals surface area contributed by atoms with E-state index < -0.39 is 16.7 Å². The molecule has 0 fully saturated rings. The monoisotopic (exact) mass is 148 g/mol. The van der Waals surface area contributed by atoms with E-state index in [0.29, 0.717) is 0 Å². The van der Waals surface area contributed by atoms with Gasteiger partial charge in [-0.25, -0.2) is 4.39 Å². The molecule has 0 spiro atoms. The molecule has 0 aliphatic carbocycles. The molecule has 1 aromatic heterocycles. The van der Waals surface area contributed by atoms with Crippen LogP contribution in [-0.2, 0) is 0 Å². The van der Waals surface area contributed by atoms with Gasteiger partial charge in [-0.3, -0.25) is 4.79 Å². The molecule has 0 radical (unpaired) electrons. The Hall–Kier alpha value is -0.770. The lowest BCUT2D eigenvalue weighted by atomic mass is 10.5. The van der Waals surface area contributed by atoms with E-state index in [0.717, 1.165) is 17.4 Å². The predicted molar refractivity (Wildman–Crippen MR) is 29.7 cm³/mol. The van der Waals surface area contributed by atoms with E-state index in [1.807, 2.05) is 0 Å². The summed E-state index contributed by atoms with van der Waals surface area (Å²) in [6, 6.07) is -0.653. The number of thiophene rings is 1. The Balaban J connectivity index is 3.08. The molecule has 0 aliphatic heterocycles. The minimum Gasteiger partial charge on any atom is -0.254 e. The first kappa shape index (κ1) is 6.35. The zero-order chi connectivity index (χ0) is 6.85. The Morgan fingerprint density at radius 1 is 1.67 bits per heavy atom. The van der Waals surface area contributed by atoms with Gasteiger partial charge >= 0.3 is 6.04 Å². The second-order valence-electron chi connectivity index (χ2n) is 1.37. The van der Waals surface area contributed by atoms with Gasteiger partial charge in [0.25, 0.3) is 0 Å². The summed E-state index contributed by atoms with van der Waals surface area (Å²) in [6.07, 6.45) is 0. The van der Waals surface area contributed by atoms with E-state index >= 15 is 0 Å². The van der Waals surface area contributed by atoms with Gasteiger partial charge in [0, 0.05) is 0 Å². The maximum atomic E-state index is 12.1. The number of carbonyl (C=O) groups excluding carboxylic acids is 1. The summed E-state index contributed by atoms with van der Waals surface area (Å²) in [7, 11) is 0. The SMILES string of the molecule is O=C(F)c1sccc1F. The summed E-state index contributed by atoms with van der Waals surface area (Å²) >= 11 is 0.758. The van der Waals surface area contributed by atoms with E-state index in [-0.39, 0.29) is 0 Å². The third kappa shape index (κ3) is 1.13. The van der Waals surface area contributed by atoms with Crippen LogP contribution in [0.1, 0.15) is 9.67 Å². The quantitative estimate of drug-likeness (QED) is 0.556. The summed E-state index contributed by atoms with van der Waals surface area (Å²) in [6.45, 7) is 0. The average molecular weight is 148 g/mol. The third-order valence-electron chi connectivity index (χ3n) is 0.796. The molecule has 0 aromatic carbocycles. The lowest BCUT2D eigenvalue weighted by molar-refractivity contribution is 0.0836. The fourth-order valence-corrected chi connectivity index (χ4v) is 1.03. The molecule has 1 heterocycles. The van der Waals surface area contributed by atoms with Gasteiger partial charge in [0.15, 0.2) is 0 Å². The fraction of sp³-hybridized carbons (Fsp3) is 0. The highest BCUT2D eigenvalue weighted by Crippen LogP contribution is 2.15. The fourth-order valence-electron chi connectivity index (χ4n) is 0.434. The van der Waals surface area contributed by atoms with Crippen molar-refractivity contribution in [2.24, 2.45) is 0 Å². The van der Waals surface area contributed by atoms with Crippen LogP contribution in [0.4, 0.5) is 8.78 Å². The van der Waals surface area contributed by atoms with Crippen LogP contribution in [0.25, 0.3) is 0 Å². The third-order valence-corrected chi connectivity index (χ3v) is 1.66. The number of carbonyl (C=O) groups is 1. The van der Waals surface area contributed by atoms with Crippen molar-refractivity contribution in [3.05, 3.63) is 22.1 Å². The van der Waals surface area contributed by atoms with Crippen molar-refractivity contribution in [2.45, 2.75) is 0 Å². The van der Waals surface area contributed by atoms with Crippen LogP contribution in [0.5, 0.6) is 0 Å². The minimum absolute atomic E-state index is 0.449. The maximum Gasteiger partial charge on any atom is 0.344 e. The van der Waals surface area contributed by atoms with Gasteiger partial charge in [0.2, 0.25) is 0 Å². The Morgan fingerprint density at radius 2 is 2.33 bits per heavy atom. The molecular formula is C5H2F2OS. The molecule has 0 bridgehead atoms. The first-order valence-corrected chi connectivity index (χ1v) is 3.02. The second kappa shape index (κ2) is 2.23. The van der Waals surface area contributed by atoms with Gasteiger partial charge in [-0.05, 0) is 11.4 Å². The second-order valence-corrected chi connectivity index (χ2v) is 2.29. The summed E-state index contributed by atoms with van der Waals surface area (Å²) < 4.78 is 23.8. The molecule has 0 saturated heterocycles. The summed E-state index contributed by atoms with van der Waals surface area (Å²) in [5.74, 6) is -0.785. The molecule has 1 rings (SSSR count). The Labute approximate surface area is 53.9 Å². The molecule has 1 nitrogen and oxygen atoms in total. The molecule has 0 amide bonds. The van der Waals surface area contributed by atoms with Crippen LogP contribution in [0.3, 0.4) is 0 Å². The Kier molecular flexibility index (Phi) is 1.57. The van der Waals surface area contributed by atoms with Crippen molar-refractivity contribution in [1.82, 2.24) is 0 Å². The summed E-state index contributed by atoms with van der Waals surface area (Å²) in [5, 5.41) is 1.32. The standard InChI is InChI=1S/C5H2F2OS/c6-3-1-2-9-4(3)5(7)8/h1-2H. The van der Waals surface area contributed by atoms with E-state index in [9.17, 15) is 13.6 Å². The van der Waals surface area contributed by atoms with Gasteiger partial charge in [0.1, 0.15) is 10.7 Å². The minimum atomic E-state index is -1.71. The topological polar surface area (TPSA) is 17.1 Å².